The average molecular weight is 446 g/mol. The van der Waals surface area contributed by atoms with Crippen LogP contribution in [0.1, 0.15) is 6.92 Å². The van der Waals surface area contributed by atoms with E-state index in [9.17, 15) is 9.90 Å². The number of halogens is 3. The monoisotopic (exact) mass is 443 g/mol. The zero-order chi connectivity index (χ0) is 13.9. The van der Waals surface area contributed by atoms with Crippen molar-refractivity contribution < 1.29 is 14.6 Å². The van der Waals surface area contributed by atoms with Crippen molar-refractivity contribution in [1.29, 1.82) is 0 Å². The second-order valence-electron chi connectivity index (χ2n) is 3.86. The lowest BCUT2D eigenvalue weighted by atomic mass is 10.1. The van der Waals surface area contributed by atoms with E-state index in [1.807, 2.05) is 12.1 Å². The highest BCUT2D eigenvalue weighted by atomic mass is 79.9. The summed E-state index contributed by atoms with van der Waals surface area (Å²) in [7, 11) is 1.24. The lowest BCUT2D eigenvalue weighted by Crippen LogP contribution is -2.42. The highest BCUT2D eigenvalue weighted by Crippen LogP contribution is 2.34. The molecule has 0 aliphatic rings. The number of nitrogens with one attached hydrogen (secondary N) is 1. The molecule has 0 radical (unpaired) electrons. The van der Waals surface area contributed by atoms with E-state index in [1.54, 1.807) is 0 Å². The molecule has 0 fully saturated rings. The number of rotatable bonds is 4. The number of ether oxygens (including phenoxy) is 1. The molecule has 100 valence electrons. The molecule has 0 saturated carbocycles. The summed E-state index contributed by atoms with van der Waals surface area (Å²) in [6, 6.07) is 3.72. The number of aliphatic hydroxyl groups is 1. The molecule has 0 bridgehead atoms. The minimum atomic E-state index is -1.58. The molecule has 0 saturated heterocycles. The number of carbonyl (C=O) groups is 1. The van der Waals surface area contributed by atoms with Crippen LogP contribution in [0.15, 0.2) is 25.6 Å². The maximum Gasteiger partial charge on any atom is 0.339 e. The molecule has 4 nitrogen and oxygen atoms in total. The lowest BCUT2D eigenvalue weighted by Gasteiger charge is -2.22. The lowest BCUT2D eigenvalue weighted by molar-refractivity contribution is -0.158. The van der Waals surface area contributed by atoms with E-state index in [2.05, 4.69) is 57.8 Å². The van der Waals surface area contributed by atoms with Gasteiger partial charge in [0.15, 0.2) is 5.60 Å². The van der Waals surface area contributed by atoms with Crippen LogP contribution >= 0.6 is 47.8 Å². The molecule has 0 heterocycles. The Morgan fingerprint density at radius 2 is 1.89 bits per heavy atom. The summed E-state index contributed by atoms with van der Waals surface area (Å²) < 4.78 is 7.05. The van der Waals surface area contributed by atoms with Crippen molar-refractivity contribution in [2.75, 3.05) is 19.0 Å². The van der Waals surface area contributed by atoms with E-state index in [-0.39, 0.29) is 6.54 Å². The van der Waals surface area contributed by atoms with E-state index >= 15 is 0 Å². The Labute approximate surface area is 130 Å². The molecule has 2 N–H and O–H groups in total. The fourth-order valence-corrected chi connectivity index (χ4v) is 3.80. The summed E-state index contributed by atoms with van der Waals surface area (Å²) in [5, 5.41) is 12.9. The summed E-state index contributed by atoms with van der Waals surface area (Å²) in [5.74, 6) is -0.681. The first kappa shape index (κ1) is 15.9. The highest BCUT2D eigenvalue weighted by Gasteiger charge is 2.31. The van der Waals surface area contributed by atoms with Crippen LogP contribution in [0.25, 0.3) is 0 Å². The molecule has 1 aromatic rings. The molecule has 1 unspecified atom stereocenters. The van der Waals surface area contributed by atoms with Gasteiger partial charge in [-0.2, -0.15) is 0 Å². The van der Waals surface area contributed by atoms with Crippen LogP contribution in [0.5, 0.6) is 0 Å². The Morgan fingerprint density at radius 1 is 1.39 bits per heavy atom. The predicted molar refractivity (Wildman–Crippen MR) is 80.7 cm³/mol. The first-order valence-electron chi connectivity index (χ1n) is 4.97. The third kappa shape index (κ3) is 3.94. The minimum Gasteiger partial charge on any atom is -0.467 e. The van der Waals surface area contributed by atoms with Crippen LogP contribution in [-0.4, -0.2) is 30.3 Å². The van der Waals surface area contributed by atoms with Gasteiger partial charge in [-0.15, -0.1) is 0 Å². The standard InChI is InChI=1S/C11H12Br3NO3/c1-11(17,10(16)18-2)5-15-9-7(13)3-6(12)4-8(9)14/h3-4,15,17H,5H2,1-2H3. The van der Waals surface area contributed by atoms with Crippen molar-refractivity contribution in [3.05, 3.63) is 25.6 Å². The molecular weight excluding hydrogens is 434 g/mol. The smallest absolute Gasteiger partial charge is 0.339 e. The molecule has 0 aromatic heterocycles. The van der Waals surface area contributed by atoms with E-state index in [1.165, 1.54) is 14.0 Å². The zero-order valence-electron chi connectivity index (χ0n) is 9.76. The summed E-state index contributed by atoms with van der Waals surface area (Å²) >= 11 is 10.2. The third-order valence-electron chi connectivity index (χ3n) is 2.24. The third-order valence-corrected chi connectivity index (χ3v) is 3.95. The van der Waals surface area contributed by atoms with Crippen LogP contribution in [-0.2, 0) is 9.53 Å². The largest absolute Gasteiger partial charge is 0.467 e. The Balaban J connectivity index is 2.84. The van der Waals surface area contributed by atoms with Crippen molar-refractivity contribution >= 4 is 59.4 Å². The first-order valence-corrected chi connectivity index (χ1v) is 7.35. The normalized spacial score (nSPS) is 13.9. The number of carbonyl (C=O) groups excluding carboxylic acids is 1. The molecule has 1 aromatic carbocycles. The summed E-state index contributed by atoms with van der Waals surface area (Å²) in [4.78, 5) is 11.3. The molecule has 0 amide bonds. The van der Waals surface area contributed by atoms with Gasteiger partial charge in [0.1, 0.15) is 0 Å². The van der Waals surface area contributed by atoms with E-state index in [4.69, 9.17) is 0 Å². The number of hydrogen-bond donors (Lipinski definition) is 2. The maximum absolute atomic E-state index is 11.3. The zero-order valence-corrected chi connectivity index (χ0v) is 14.5. The minimum absolute atomic E-state index is 0.0402. The molecule has 0 aliphatic carbocycles. The fourth-order valence-electron chi connectivity index (χ4n) is 1.26. The van der Waals surface area contributed by atoms with Crippen LogP contribution < -0.4 is 5.32 Å². The topological polar surface area (TPSA) is 58.6 Å². The van der Waals surface area contributed by atoms with Gasteiger partial charge < -0.3 is 15.2 Å². The van der Waals surface area contributed by atoms with Crippen molar-refractivity contribution in [2.24, 2.45) is 0 Å². The Hall–Kier alpha value is -0.110. The molecule has 18 heavy (non-hydrogen) atoms. The molecular formula is C11H12Br3NO3. The van der Waals surface area contributed by atoms with Gasteiger partial charge >= 0.3 is 5.97 Å². The van der Waals surface area contributed by atoms with Gasteiger partial charge in [-0.1, -0.05) is 15.9 Å². The van der Waals surface area contributed by atoms with Crippen LogP contribution in [0.4, 0.5) is 5.69 Å². The van der Waals surface area contributed by atoms with E-state index in [0.29, 0.717) is 0 Å². The Kier molecular flexibility index (Phi) is 5.64. The average Bonchev–Trinajstić information content (AvgIpc) is 2.26. The predicted octanol–water partition coefficient (Wildman–Crippen LogP) is 3.31. The molecule has 0 spiro atoms. The fraction of sp³-hybridized carbons (Fsp3) is 0.364. The summed E-state index contributed by atoms with van der Waals surface area (Å²) in [6.45, 7) is 1.44. The number of hydrogen-bond acceptors (Lipinski definition) is 4. The van der Waals surface area contributed by atoms with Gasteiger partial charge in [0.05, 0.1) is 19.3 Å². The summed E-state index contributed by atoms with van der Waals surface area (Å²) in [6.07, 6.45) is 0. The second-order valence-corrected chi connectivity index (χ2v) is 6.49. The van der Waals surface area contributed by atoms with Crippen LogP contribution in [0, 0.1) is 0 Å². The van der Waals surface area contributed by atoms with Gasteiger partial charge in [-0.05, 0) is 50.9 Å². The van der Waals surface area contributed by atoms with Crippen molar-refractivity contribution in [1.82, 2.24) is 0 Å². The quantitative estimate of drug-likeness (QED) is 0.698. The van der Waals surface area contributed by atoms with E-state index in [0.717, 1.165) is 19.1 Å². The van der Waals surface area contributed by atoms with Crippen LogP contribution in [0.3, 0.4) is 0 Å². The summed E-state index contributed by atoms with van der Waals surface area (Å²) in [5.41, 5.74) is -0.830. The van der Waals surface area contributed by atoms with Crippen molar-refractivity contribution in [2.45, 2.75) is 12.5 Å². The molecule has 1 rings (SSSR count). The Bertz CT molecular complexity index is 440. The number of benzene rings is 1. The van der Waals surface area contributed by atoms with Gasteiger partial charge in [-0.3, -0.25) is 0 Å². The van der Waals surface area contributed by atoms with Crippen LogP contribution in [0.2, 0.25) is 0 Å². The number of anilines is 1. The maximum atomic E-state index is 11.3. The van der Waals surface area contributed by atoms with Gasteiger partial charge in [0.2, 0.25) is 0 Å². The Morgan fingerprint density at radius 3 is 2.33 bits per heavy atom. The van der Waals surface area contributed by atoms with Gasteiger partial charge in [0.25, 0.3) is 0 Å². The molecule has 1 atom stereocenters. The first-order chi connectivity index (χ1) is 8.27. The van der Waals surface area contributed by atoms with Crippen molar-refractivity contribution in [3.8, 4) is 0 Å². The highest BCUT2D eigenvalue weighted by molar-refractivity contribution is 9.11. The SMILES string of the molecule is COC(=O)C(C)(O)CNc1c(Br)cc(Br)cc1Br. The molecule has 7 heteroatoms. The van der Waals surface area contributed by atoms with Gasteiger partial charge in [-0.25, -0.2) is 4.79 Å². The van der Waals surface area contributed by atoms with E-state index < -0.39 is 11.6 Å². The number of esters is 1. The van der Waals surface area contributed by atoms with Crippen molar-refractivity contribution in [3.63, 3.8) is 0 Å². The second kappa shape index (κ2) is 6.36. The molecule has 0 aliphatic heterocycles. The van der Waals surface area contributed by atoms with Gasteiger partial charge in [0, 0.05) is 13.4 Å². The number of methoxy groups -OCH3 is 1.